The maximum Gasteiger partial charge on any atom is 0.434 e. The number of hydrogen-bond acceptors (Lipinski definition) is 3. The Morgan fingerprint density at radius 3 is 2.57 bits per heavy atom. The molecule has 1 fully saturated rings. The first-order valence-electron chi connectivity index (χ1n) is 9.98. The van der Waals surface area contributed by atoms with E-state index in [-0.39, 0.29) is 17.8 Å². The Morgan fingerprint density at radius 1 is 1.10 bits per heavy atom. The smallest absolute Gasteiger partial charge is 0.332 e. The number of aromatic nitrogens is 4. The minimum atomic E-state index is -4.71. The van der Waals surface area contributed by atoms with Crippen LogP contribution >= 0.6 is 0 Å². The monoisotopic (exact) mass is 415 g/mol. The Morgan fingerprint density at radius 2 is 1.87 bits per heavy atom. The molecule has 0 bridgehead atoms. The van der Waals surface area contributed by atoms with Crippen molar-refractivity contribution in [1.29, 1.82) is 0 Å². The van der Waals surface area contributed by atoms with Crippen LogP contribution in [0.25, 0.3) is 5.69 Å². The second-order valence-electron chi connectivity index (χ2n) is 7.87. The van der Waals surface area contributed by atoms with Gasteiger partial charge in [-0.25, -0.2) is 4.68 Å². The zero-order chi connectivity index (χ0) is 20.9. The van der Waals surface area contributed by atoms with Crippen molar-refractivity contribution in [3.8, 4) is 5.69 Å². The third-order valence-corrected chi connectivity index (χ3v) is 5.83. The molecule has 1 aromatic carbocycles. The van der Waals surface area contributed by atoms with Crippen molar-refractivity contribution in [3.05, 3.63) is 65.2 Å². The summed E-state index contributed by atoms with van der Waals surface area (Å²) in [7, 11) is 0. The SMILES string of the molecule is O=C(c1cnn(-c2ccccc2)c1C(F)(F)F)N(C1CC1)C1CCc2[nH]ncc2C1. The standard InChI is InChI=1S/C21H20F3N5O/c22-21(23,24)19-17(12-26-29(19)15-4-2-1-3-5-15)20(30)28(14-6-7-14)16-8-9-18-13(10-16)11-25-27-18/h1-5,11-12,14,16H,6-10H2,(H,25,27). The average Bonchev–Trinajstić information content (AvgIpc) is 3.27. The Hall–Kier alpha value is -3.10. The van der Waals surface area contributed by atoms with E-state index in [1.807, 2.05) is 0 Å². The number of nitrogens with one attached hydrogen (secondary N) is 1. The van der Waals surface area contributed by atoms with E-state index in [9.17, 15) is 18.0 Å². The molecule has 0 spiro atoms. The highest BCUT2D eigenvalue weighted by molar-refractivity contribution is 5.96. The first kappa shape index (κ1) is 18.9. The molecule has 6 nitrogen and oxygen atoms in total. The fourth-order valence-electron chi connectivity index (χ4n) is 4.30. The predicted molar refractivity (Wildman–Crippen MR) is 102 cm³/mol. The number of carbonyl (C=O) groups is 1. The Bertz CT molecular complexity index is 1070. The number of halogens is 3. The summed E-state index contributed by atoms with van der Waals surface area (Å²) >= 11 is 0. The summed E-state index contributed by atoms with van der Waals surface area (Å²) in [4.78, 5) is 15.1. The Labute approximate surface area is 170 Å². The van der Waals surface area contributed by atoms with Gasteiger partial charge in [0.2, 0.25) is 0 Å². The lowest BCUT2D eigenvalue weighted by molar-refractivity contribution is -0.143. The van der Waals surface area contributed by atoms with Crippen molar-refractivity contribution in [2.75, 3.05) is 0 Å². The summed E-state index contributed by atoms with van der Waals surface area (Å²) in [5.41, 5.74) is 0.922. The van der Waals surface area contributed by atoms with Gasteiger partial charge in [-0.05, 0) is 49.8 Å². The van der Waals surface area contributed by atoms with Gasteiger partial charge in [0.1, 0.15) is 0 Å². The van der Waals surface area contributed by atoms with E-state index in [2.05, 4.69) is 15.3 Å². The van der Waals surface area contributed by atoms with E-state index in [1.165, 1.54) is 12.1 Å². The summed E-state index contributed by atoms with van der Waals surface area (Å²) in [6.45, 7) is 0. The highest BCUT2D eigenvalue weighted by Gasteiger charge is 2.45. The fraction of sp³-hybridized carbons (Fsp3) is 0.381. The number of fused-ring (bicyclic) bond motifs is 1. The van der Waals surface area contributed by atoms with Gasteiger partial charge in [-0.1, -0.05) is 18.2 Å². The van der Waals surface area contributed by atoms with E-state index in [1.54, 1.807) is 29.3 Å². The molecule has 2 aromatic heterocycles. The van der Waals surface area contributed by atoms with Crippen molar-refractivity contribution in [3.63, 3.8) is 0 Å². The number of aromatic amines is 1. The van der Waals surface area contributed by atoms with Crippen molar-refractivity contribution in [2.24, 2.45) is 0 Å². The minimum absolute atomic E-state index is 0.0166. The lowest BCUT2D eigenvalue weighted by atomic mass is 9.91. The highest BCUT2D eigenvalue weighted by atomic mass is 19.4. The zero-order valence-electron chi connectivity index (χ0n) is 16.1. The fourth-order valence-corrected chi connectivity index (χ4v) is 4.30. The maximum absolute atomic E-state index is 14.0. The van der Waals surface area contributed by atoms with Crippen LogP contribution in [0, 0.1) is 0 Å². The Kier molecular flexibility index (Phi) is 4.41. The quantitative estimate of drug-likeness (QED) is 0.705. The molecule has 2 aliphatic rings. The lowest BCUT2D eigenvalue weighted by Gasteiger charge is -2.34. The summed E-state index contributed by atoms with van der Waals surface area (Å²) in [5.74, 6) is -0.594. The van der Waals surface area contributed by atoms with E-state index in [0.717, 1.165) is 41.4 Å². The van der Waals surface area contributed by atoms with Crippen LogP contribution in [0.4, 0.5) is 13.2 Å². The number of nitrogens with zero attached hydrogens (tertiary/aromatic N) is 4. The molecule has 0 radical (unpaired) electrons. The summed E-state index contributed by atoms with van der Waals surface area (Å²) < 4.78 is 42.9. The molecule has 9 heteroatoms. The molecule has 0 aliphatic heterocycles. The van der Waals surface area contributed by atoms with Gasteiger partial charge in [0.25, 0.3) is 5.91 Å². The number of hydrogen-bond donors (Lipinski definition) is 1. The van der Waals surface area contributed by atoms with Gasteiger partial charge in [0, 0.05) is 17.8 Å². The predicted octanol–water partition coefficient (Wildman–Crippen LogP) is 3.78. The van der Waals surface area contributed by atoms with Gasteiger partial charge in [0.05, 0.1) is 23.6 Å². The molecule has 2 aliphatic carbocycles. The molecule has 1 saturated carbocycles. The summed E-state index contributed by atoms with van der Waals surface area (Å²) in [5, 5.41) is 11.0. The van der Waals surface area contributed by atoms with Crippen LogP contribution < -0.4 is 0 Å². The summed E-state index contributed by atoms with van der Waals surface area (Å²) in [6, 6.07) is 7.91. The molecule has 1 unspecified atom stereocenters. The number of rotatable bonds is 4. The molecule has 1 N–H and O–H groups in total. The molecule has 30 heavy (non-hydrogen) atoms. The van der Waals surface area contributed by atoms with Crippen LogP contribution in [-0.4, -0.2) is 42.9 Å². The number of alkyl halides is 3. The van der Waals surface area contributed by atoms with Crippen LogP contribution in [0.3, 0.4) is 0 Å². The first-order chi connectivity index (χ1) is 14.4. The average molecular weight is 415 g/mol. The molecule has 1 atom stereocenters. The second kappa shape index (κ2) is 7.00. The van der Waals surface area contributed by atoms with Crippen LogP contribution in [-0.2, 0) is 19.0 Å². The van der Waals surface area contributed by atoms with Gasteiger partial charge in [0.15, 0.2) is 5.69 Å². The molecule has 156 valence electrons. The van der Waals surface area contributed by atoms with Gasteiger partial charge in [-0.15, -0.1) is 0 Å². The third-order valence-electron chi connectivity index (χ3n) is 5.83. The minimum Gasteiger partial charge on any atom is -0.332 e. The van der Waals surface area contributed by atoms with Gasteiger partial charge >= 0.3 is 6.18 Å². The van der Waals surface area contributed by atoms with Gasteiger partial charge < -0.3 is 4.90 Å². The molecule has 5 rings (SSSR count). The summed E-state index contributed by atoms with van der Waals surface area (Å²) in [6.07, 6.45) is 1.74. The molecular weight excluding hydrogens is 395 g/mol. The highest BCUT2D eigenvalue weighted by Crippen LogP contribution is 2.38. The number of benzene rings is 1. The van der Waals surface area contributed by atoms with Crippen LogP contribution in [0.1, 0.15) is 46.6 Å². The molecule has 3 aromatic rings. The largest absolute Gasteiger partial charge is 0.434 e. The lowest BCUT2D eigenvalue weighted by Crippen LogP contribution is -2.45. The molecule has 0 saturated heterocycles. The second-order valence-corrected chi connectivity index (χ2v) is 7.87. The number of H-pyrrole nitrogens is 1. The van der Waals surface area contributed by atoms with Crippen LogP contribution in [0.2, 0.25) is 0 Å². The number of carbonyl (C=O) groups excluding carboxylic acids is 1. The van der Waals surface area contributed by atoms with E-state index >= 15 is 0 Å². The van der Waals surface area contributed by atoms with E-state index in [4.69, 9.17) is 0 Å². The third kappa shape index (κ3) is 3.28. The zero-order valence-corrected chi connectivity index (χ0v) is 16.1. The molecule has 2 heterocycles. The maximum atomic E-state index is 14.0. The van der Waals surface area contributed by atoms with Crippen LogP contribution in [0.15, 0.2) is 42.7 Å². The van der Waals surface area contributed by atoms with Crippen molar-refractivity contribution in [1.82, 2.24) is 24.9 Å². The number of para-hydroxylation sites is 1. The van der Waals surface area contributed by atoms with Crippen molar-refractivity contribution >= 4 is 5.91 Å². The molecule has 1 amide bonds. The van der Waals surface area contributed by atoms with Crippen molar-refractivity contribution in [2.45, 2.75) is 50.4 Å². The van der Waals surface area contributed by atoms with Gasteiger partial charge in [-0.3, -0.25) is 9.89 Å². The Balaban J connectivity index is 1.53. The van der Waals surface area contributed by atoms with Gasteiger partial charge in [-0.2, -0.15) is 23.4 Å². The number of amides is 1. The first-order valence-corrected chi connectivity index (χ1v) is 9.98. The van der Waals surface area contributed by atoms with E-state index in [0.29, 0.717) is 12.8 Å². The molecular formula is C21H20F3N5O. The topological polar surface area (TPSA) is 66.8 Å². The van der Waals surface area contributed by atoms with E-state index < -0.39 is 23.3 Å². The number of aryl methyl sites for hydroxylation is 1. The van der Waals surface area contributed by atoms with Crippen molar-refractivity contribution < 1.29 is 18.0 Å². The van der Waals surface area contributed by atoms with Crippen LogP contribution in [0.5, 0.6) is 0 Å². The normalized spacial score (nSPS) is 18.8.